The molecule has 2 N–H and O–H groups in total. The number of aryl methyl sites for hydroxylation is 2. The zero-order chi connectivity index (χ0) is 12.7. The molecule has 0 aliphatic carbocycles. The van der Waals surface area contributed by atoms with Crippen LogP contribution in [0.1, 0.15) is 17.8 Å². The van der Waals surface area contributed by atoms with Crippen LogP contribution in [-0.2, 0) is 13.6 Å². The molecule has 0 bridgehead atoms. The number of aromatic nitrogens is 2. The van der Waals surface area contributed by atoms with Gasteiger partial charge in [0.1, 0.15) is 0 Å². The van der Waals surface area contributed by atoms with Crippen LogP contribution in [-0.4, -0.2) is 39.5 Å². The molecule has 1 rings (SSSR count). The maximum absolute atomic E-state index is 8.64. The molecule has 0 atom stereocenters. The predicted molar refractivity (Wildman–Crippen MR) is 76.4 cm³/mol. The summed E-state index contributed by atoms with van der Waals surface area (Å²) >= 11 is 5.42. The molecule has 0 saturated heterocycles. The van der Waals surface area contributed by atoms with Crippen LogP contribution in [0.5, 0.6) is 0 Å². The Morgan fingerprint density at radius 3 is 2.82 bits per heavy atom. The van der Waals surface area contributed by atoms with Crippen LogP contribution in [0.4, 0.5) is 0 Å². The molecule has 0 unspecified atom stereocenters. The largest absolute Gasteiger partial charge is 0.396 e. The number of hydrogen-bond acceptors (Lipinski definition) is 4. The highest BCUT2D eigenvalue weighted by atomic mass is 79.9. The zero-order valence-electron chi connectivity index (χ0n) is 10.4. The zero-order valence-corrected chi connectivity index (χ0v) is 12.8. The molecule has 0 aliphatic rings. The monoisotopic (exact) mass is 321 g/mol. The first-order valence-electron chi connectivity index (χ1n) is 5.74. The number of nitrogens with zero attached hydrogens (tertiary/aromatic N) is 2. The standard InChI is InChI=1S/C11H20BrN3OS/c1-9-11(12)10(15(2)14-9)8-13-4-7-17-6-3-5-16/h13,16H,3-8H2,1-2H3. The van der Waals surface area contributed by atoms with Crippen molar-refractivity contribution < 1.29 is 5.11 Å². The van der Waals surface area contributed by atoms with Crippen molar-refractivity contribution in [3.63, 3.8) is 0 Å². The lowest BCUT2D eigenvalue weighted by atomic mass is 10.3. The molecule has 0 aromatic carbocycles. The van der Waals surface area contributed by atoms with E-state index in [4.69, 9.17) is 5.11 Å². The second-order valence-corrected chi connectivity index (χ2v) is 5.85. The SMILES string of the molecule is Cc1nn(C)c(CNCCSCCCO)c1Br. The number of thioether (sulfide) groups is 1. The quantitative estimate of drug-likeness (QED) is 0.715. The second kappa shape index (κ2) is 8.13. The number of halogens is 1. The van der Waals surface area contributed by atoms with E-state index in [-0.39, 0.29) is 0 Å². The Morgan fingerprint density at radius 2 is 2.24 bits per heavy atom. The van der Waals surface area contributed by atoms with Crippen molar-refractivity contribution in [1.82, 2.24) is 15.1 Å². The average molecular weight is 322 g/mol. The molecule has 17 heavy (non-hydrogen) atoms. The lowest BCUT2D eigenvalue weighted by molar-refractivity contribution is 0.296. The first-order chi connectivity index (χ1) is 8.16. The van der Waals surface area contributed by atoms with Gasteiger partial charge in [-0.25, -0.2) is 0 Å². The number of nitrogens with one attached hydrogen (secondary N) is 1. The van der Waals surface area contributed by atoms with Gasteiger partial charge >= 0.3 is 0 Å². The highest BCUT2D eigenvalue weighted by molar-refractivity contribution is 9.10. The van der Waals surface area contributed by atoms with Crippen molar-refractivity contribution in [3.8, 4) is 0 Å². The Bertz CT molecular complexity index is 344. The Morgan fingerprint density at radius 1 is 1.47 bits per heavy atom. The summed E-state index contributed by atoms with van der Waals surface area (Å²) in [6, 6.07) is 0. The molecule has 0 fully saturated rings. The first kappa shape index (κ1) is 15.0. The third-order valence-electron chi connectivity index (χ3n) is 2.42. The van der Waals surface area contributed by atoms with Crippen molar-refractivity contribution in [1.29, 1.82) is 0 Å². The van der Waals surface area contributed by atoms with Crippen LogP contribution < -0.4 is 5.32 Å². The van der Waals surface area contributed by atoms with Gasteiger partial charge in [-0.15, -0.1) is 0 Å². The fourth-order valence-electron chi connectivity index (χ4n) is 1.49. The number of aliphatic hydroxyl groups excluding tert-OH is 1. The van der Waals surface area contributed by atoms with Gasteiger partial charge in [-0.3, -0.25) is 4.68 Å². The Labute approximate surface area is 115 Å². The van der Waals surface area contributed by atoms with E-state index in [2.05, 4.69) is 26.3 Å². The lowest BCUT2D eigenvalue weighted by Crippen LogP contribution is -2.19. The van der Waals surface area contributed by atoms with Gasteiger partial charge < -0.3 is 10.4 Å². The summed E-state index contributed by atoms with van der Waals surface area (Å²) in [5.41, 5.74) is 2.21. The number of hydrogen-bond donors (Lipinski definition) is 2. The van der Waals surface area contributed by atoms with Crippen LogP contribution in [0, 0.1) is 6.92 Å². The van der Waals surface area contributed by atoms with Gasteiger partial charge in [0.2, 0.25) is 0 Å². The molecule has 0 saturated carbocycles. The van der Waals surface area contributed by atoms with E-state index >= 15 is 0 Å². The van der Waals surface area contributed by atoms with Gasteiger partial charge in [-0.1, -0.05) is 0 Å². The highest BCUT2D eigenvalue weighted by Crippen LogP contribution is 2.19. The minimum Gasteiger partial charge on any atom is -0.396 e. The summed E-state index contributed by atoms with van der Waals surface area (Å²) in [5, 5.41) is 16.4. The van der Waals surface area contributed by atoms with Gasteiger partial charge in [0.15, 0.2) is 0 Å². The minimum atomic E-state index is 0.293. The van der Waals surface area contributed by atoms with Crippen molar-refractivity contribution in [2.24, 2.45) is 7.05 Å². The third-order valence-corrected chi connectivity index (χ3v) is 4.53. The van der Waals surface area contributed by atoms with E-state index in [1.807, 2.05) is 30.4 Å². The molecular weight excluding hydrogens is 302 g/mol. The number of aliphatic hydroxyl groups is 1. The van der Waals surface area contributed by atoms with Crippen molar-refractivity contribution in [2.75, 3.05) is 24.7 Å². The topological polar surface area (TPSA) is 50.1 Å². The molecule has 4 nitrogen and oxygen atoms in total. The van der Waals surface area contributed by atoms with Crippen molar-refractivity contribution >= 4 is 27.7 Å². The lowest BCUT2D eigenvalue weighted by Gasteiger charge is -2.05. The highest BCUT2D eigenvalue weighted by Gasteiger charge is 2.09. The molecule has 98 valence electrons. The minimum absolute atomic E-state index is 0.293. The van der Waals surface area contributed by atoms with Gasteiger partial charge in [0.05, 0.1) is 15.9 Å². The maximum Gasteiger partial charge on any atom is 0.0739 e. The average Bonchev–Trinajstić information content (AvgIpc) is 2.54. The Balaban J connectivity index is 2.18. The molecule has 1 heterocycles. The van der Waals surface area contributed by atoms with Crippen LogP contribution >= 0.6 is 27.7 Å². The Kier molecular flexibility index (Phi) is 7.18. The van der Waals surface area contributed by atoms with Crippen LogP contribution in [0.25, 0.3) is 0 Å². The molecule has 0 radical (unpaired) electrons. The molecule has 0 spiro atoms. The van der Waals surface area contributed by atoms with E-state index in [0.717, 1.165) is 41.2 Å². The van der Waals surface area contributed by atoms with E-state index in [9.17, 15) is 0 Å². The summed E-state index contributed by atoms with van der Waals surface area (Å²) in [4.78, 5) is 0. The fourth-order valence-corrected chi connectivity index (χ4v) is 2.79. The molecule has 0 aliphatic heterocycles. The van der Waals surface area contributed by atoms with E-state index in [1.54, 1.807) is 0 Å². The molecule has 1 aromatic heterocycles. The third kappa shape index (κ3) is 4.99. The fraction of sp³-hybridized carbons (Fsp3) is 0.727. The molecule has 6 heteroatoms. The molecule has 0 amide bonds. The van der Waals surface area contributed by atoms with E-state index in [0.29, 0.717) is 6.61 Å². The van der Waals surface area contributed by atoms with Gasteiger partial charge in [-0.05, 0) is 35.0 Å². The van der Waals surface area contributed by atoms with Crippen LogP contribution in [0.3, 0.4) is 0 Å². The van der Waals surface area contributed by atoms with Crippen molar-refractivity contribution in [2.45, 2.75) is 19.9 Å². The summed E-state index contributed by atoms with van der Waals surface area (Å²) in [6.07, 6.45) is 0.886. The van der Waals surface area contributed by atoms with Gasteiger partial charge in [0.25, 0.3) is 0 Å². The predicted octanol–water partition coefficient (Wildman–Crippen LogP) is 1.70. The maximum atomic E-state index is 8.64. The van der Waals surface area contributed by atoms with Gasteiger partial charge in [0, 0.05) is 32.5 Å². The number of rotatable bonds is 8. The smallest absolute Gasteiger partial charge is 0.0739 e. The molecule has 1 aromatic rings. The van der Waals surface area contributed by atoms with Crippen molar-refractivity contribution in [3.05, 3.63) is 15.9 Å². The van der Waals surface area contributed by atoms with Gasteiger partial charge in [-0.2, -0.15) is 16.9 Å². The summed E-state index contributed by atoms with van der Waals surface area (Å²) in [7, 11) is 1.96. The van der Waals surface area contributed by atoms with E-state index < -0.39 is 0 Å². The van der Waals surface area contributed by atoms with Crippen LogP contribution in [0.2, 0.25) is 0 Å². The van der Waals surface area contributed by atoms with E-state index in [1.165, 1.54) is 5.69 Å². The summed E-state index contributed by atoms with van der Waals surface area (Å²) in [5.74, 6) is 2.11. The normalized spacial score (nSPS) is 11.1. The Hall–Kier alpha value is -0.0400. The van der Waals surface area contributed by atoms with Crippen LogP contribution in [0.15, 0.2) is 4.47 Å². The second-order valence-electron chi connectivity index (χ2n) is 3.84. The molecular formula is C11H20BrN3OS. The summed E-state index contributed by atoms with van der Waals surface area (Å²) < 4.78 is 3.01. The summed E-state index contributed by atoms with van der Waals surface area (Å²) in [6.45, 7) is 4.10. The first-order valence-corrected chi connectivity index (χ1v) is 7.69.